The first kappa shape index (κ1) is 9.56. The van der Waals surface area contributed by atoms with Crippen LogP contribution in [-0.4, -0.2) is 5.91 Å². The second kappa shape index (κ2) is 4.48. The predicted molar refractivity (Wildman–Crippen MR) is 49.6 cm³/mol. The smallest absolute Gasteiger partial charge is 0.217 e. The highest BCUT2D eigenvalue weighted by Gasteiger charge is 2.20. The Kier molecular flexibility index (Phi) is 3.57. The van der Waals surface area contributed by atoms with Gasteiger partial charge in [-0.15, -0.1) is 0 Å². The molecular formula is C10H19NO. The molecule has 0 unspecified atom stereocenters. The molecule has 1 rings (SSSR count). The minimum absolute atomic E-state index is 0.145. The molecule has 1 fully saturated rings. The van der Waals surface area contributed by atoms with E-state index in [2.05, 4.69) is 6.92 Å². The fraction of sp³-hybridized carbons (Fsp3) is 0.900. The van der Waals surface area contributed by atoms with Gasteiger partial charge in [0.2, 0.25) is 5.91 Å². The van der Waals surface area contributed by atoms with Gasteiger partial charge >= 0.3 is 0 Å². The Bertz CT molecular complexity index is 150. The van der Waals surface area contributed by atoms with E-state index in [1.54, 1.807) is 0 Å². The quantitative estimate of drug-likeness (QED) is 0.690. The van der Waals surface area contributed by atoms with E-state index in [-0.39, 0.29) is 5.91 Å². The molecule has 0 aromatic heterocycles. The van der Waals surface area contributed by atoms with Crippen LogP contribution >= 0.6 is 0 Å². The molecular weight excluding hydrogens is 150 g/mol. The Labute approximate surface area is 74.5 Å². The molecule has 1 aliphatic rings. The van der Waals surface area contributed by atoms with Crippen molar-refractivity contribution in [3.05, 3.63) is 0 Å². The fourth-order valence-corrected chi connectivity index (χ4v) is 2.19. The van der Waals surface area contributed by atoms with E-state index >= 15 is 0 Å². The van der Waals surface area contributed by atoms with Gasteiger partial charge in [-0.3, -0.25) is 4.79 Å². The maximum absolute atomic E-state index is 10.7. The fourth-order valence-electron chi connectivity index (χ4n) is 2.19. The molecule has 0 aromatic carbocycles. The van der Waals surface area contributed by atoms with Gasteiger partial charge in [0, 0.05) is 6.42 Å². The third-order valence-corrected chi connectivity index (χ3v) is 2.98. The summed E-state index contributed by atoms with van der Waals surface area (Å²) in [6.07, 6.45) is 7.23. The summed E-state index contributed by atoms with van der Waals surface area (Å²) in [5.41, 5.74) is 5.16. The van der Waals surface area contributed by atoms with Gasteiger partial charge in [-0.2, -0.15) is 0 Å². The Hall–Kier alpha value is -0.530. The predicted octanol–water partition coefficient (Wildman–Crippen LogP) is 2.08. The van der Waals surface area contributed by atoms with Crippen LogP contribution in [0.2, 0.25) is 0 Å². The second-order valence-electron chi connectivity index (χ2n) is 4.05. The van der Waals surface area contributed by atoms with Crippen molar-refractivity contribution in [2.75, 3.05) is 0 Å². The standard InChI is InChI=1S/C10H19NO/c1-8(7-10(11)12)9-5-3-2-4-6-9/h8-9H,2-7H2,1H3,(H2,11,12)/t8-/m0/s1. The number of carbonyl (C=O) groups excluding carboxylic acids is 1. The third-order valence-electron chi connectivity index (χ3n) is 2.98. The maximum atomic E-state index is 10.7. The van der Waals surface area contributed by atoms with Gasteiger partial charge in [0.1, 0.15) is 0 Å². The molecule has 0 spiro atoms. The van der Waals surface area contributed by atoms with Gasteiger partial charge in [-0.25, -0.2) is 0 Å². The van der Waals surface area contributed by atoms with Crippen molar-refractivity contribution in [1.82, 2.24) is 0 Å². The lowest BCUT2D eigenvalue weighted by atomic mass is 9.79. The average molecular weight is 169 g/mol. The summed E-state index contributed by atoms with van der Waals surface area (Å²) in [6, 6.07) is 0. The molecule has 0 heterocycles. The van der Waals surface area contributed by atoms with Gasteiger partial charge < -0.3 is 5.73 Å². The van der Waals surface area contributed by atoms with Gasteiger partial charge in [-0.1, -0.05) is 39.0 Å². The number of hydrogen-bond acceptors (Lipinski definition) is 1. The first-order valence-electron chi connectivity index (χ1n) is 4.98. The largest absolute Gasteiger partial charge is 0.370 e. The molecule has 2 heteroatoms. The Morgan fingerprint density at radius 2 is 2.00 bits per heavy atom. The highest BCUT2D eigenvalue weighted by molar-refractivity contribution is 5.73. The van der Waals surface area contributed by atoms with E-state index in [1.165, 1.54) is 32.1 Å². The van der Waals surface area contributed by atoms with E-state index in [0.717, 1.165) is 5.92 Å². The normalized spacial score (nSPS) is 22.1. The summed E-state index contributed by atoms with van der Waals surface area (Å²) < 4.78 is 0. The number of amides is 1. The molecule has 2 nitrogen and oxygen atoms in total. The van der Waals surface area contributed by atoms with Crippen LogP contribution in [0.3, 0.4) is 0 Å². The monoisotopic (exact) mass is 169 g/mol. The van der Waals surface area contributed by atoms with Crippen LogP contribution < -0.4 is 5.73 Å². The minimum atomic E-state index is -0.145. The van der Waals surface area contributed by atoms with Crippen LogP contribution in [0.4, 0.5) is 0 Å². The number of carbonyl (C=O) groups is 1. The lowest BCUT2D eigenvalue weighted by molar-refractivity contribution is -0.119. The maximum Gasteiger partial charge on any atom is 0.217 e. The van der Waals surface area contributed by atoms with E-state index in [0.29, 0.717) is 12.3 Å². The number of rotatable bonds is 3. The highest BCUT2D eigenvalue weighted by Crippen LogP contribution is 2.31. The van der Waals surface area contributed by atoms with Gasteiger partial charge in [0.15, 0.2) is 0 Å². The van der Waals surface area contributed by atoms with Crippen molar-refractivity contribution in [1.29, 1.82) is 0 Å². The van der Waals surface area contributed by atoms with Gasteiger partial charge in [-0.05, 0) is 11.8 Å². The molecule has 1 aliphatic carbocycles. The topological polar surface area (TPSA) is 43.1 Å². The van der Waals surface area contributed by atoms with Crippen LogP contribution in [0.25, 0.3) is 0 Å². The van der Waals surface area contributed by atoms with E-state index in [9.17, 15) is 4.79 Å². The summed E-state index contributed by atoms with van der Waals surface area (Å²) in [4.78, 5) is 10.7. The first-order valence-corrected chi connectivity index (χ1v) is 4.98. The molecule has 70 valence electrons. The molecule has 0 saturated heterocycles. The van der Waals surface area contributed by atoms with Gasteiger partial charge in [0.05, 0.1) is 0 Å². The summed E-state index contributed by atoms with van der Waals surface area (Å²) >= 11 is 0. The van der Waals surface area contributed by atoms with Crippen molar-refractivity contribution in [3.8, 4) is 0 Å². The molecule has 1 atom stereocenters. The SMILES string of the molecule is C[C@@H](CC(N)=O)C1CCCCC1. The molecule has 0 aliphatic heterocycles. The van der Waals surface area contributed by atoms with Crippen molar-refractivity contribution in [3.63, 3.8) is 0 Å². The first-order chi connectivity index (χ1) is 5.70. The molecule has 0 aromatic rings. The van der Waals surface area contributed by atoms with Crippen molar-refractivity contribution in [2.45, 2.75) is 45.4 Å². The Balaban J connectivity index is 2.29. The van der Waals surface area contributed by atoms with Crippen LogP contribution in [0.15, 0.2) is 0 Å². The number of nitrogens with two attached hydrogens (primary N) is 1. The van der Waals surface area contributed by atoms with Gasteiger partial charge in [0.25, 0.3) is 0 Å². The van der Waals surface area contributed by atoms with Crippen LogP contribution in [0.5, 0.6) is 0 Å². The Morgan fingerprint density at radius 3 is 2.50 bits per heavy atom. The summed E-state index contributed by atoms with van der Waals surface area (Å²) in [5.74, 6) is 1.11. The average Bonchev–Trinajstić information content (AvgIpc) is 2.05. The van der Waals surface area contributed by atoms with Crippen LogP contribution in [0, 0.1) is 11.8 Å². The van der Waals surface area contributed by atoms with E-state index < -0.39 is 0 Å². The molecule has 1 amide bonds. The zero-order valence-corrected chi connectivity index (χ0v) is 7.88. The third kappa shape index (κ3) is 2.84. The second-order valence-corrected chi connectivity index (χ2v) is 4.05. The number of primary amides is 1. The molecule has 0 radical (unpaired) electrons. The van der Waals surface area contributed by atoms with Crippen molar-refractivity contribution in [2.24, 2.45) is 17.6 Å². The van der Waals surface area contributed by atoms with Crippen LogP contribution in [-0.2, 0) is 4.79 Å². The molecule has 0 bridgehead atoms. The Morgan fingerprint density at radius 1 is 1.42 bits per heavy atom. The lowest BCUT2D eigenvalue weighted by Crippen LogP contribution is -2.22. The van der Waals surface area contributed by atoms with Crippen molar-refractivity contribution < 1.29 is 4.79 Å². The zero-order valence-electron chi connectivity index (χ0n) is 7.88. The lowest BCUT2D eigenvalue weighted by Gasteiger charge is -2.26. The summed E-state index contributed by atoms with van der Waals surface area (Å²) in [6.45, 7) is 2.15. The minimum Gasteiger partial charge on any atom is -0.370 e. The summed E-state index contributed by atoms with van der Waals surface area (Å²) in [7, 11) is 0. The molecule has 1 saturated carbocycles. The zero-order chi connectivity index (χ0) is 8.97. The van der Waals surface area contributed by atoms with Crippen LogP contribution in [0.1, 0.15) is 45.4 Å². The molecule has 2 N–H and O–H groups in total. The summed E-state index contributed by atoms with van der Waals surface area (Å²) in [5, 5.41) is 0. The van der Waals surface area contributed by atoms with E-state index in [1.807, 2.05) is 0 Å². The highest BCUT2D eigenvalue weighted by atomic mass is 16.1. The number of hydrogen-bond donors (Lipinski definition) is 1. The van der Waals surface area contributed by atoms with Crippen molar-refractivity contribution >= 4 is 5.91 Å². The van der Waals surface area contributed by atoms with E-state index in [4.69, 9.17) is 5.73 Å². The molecule has 12 heavy (non-hydrogen) atoms.